The number of carbonyl (C=O) groups excluding carboxylic acids is 2. The molecule has 1 saturated heterocycles. The summed E-state index contributed by atoms with van der Waals surface area (Å²) in [6, 6.07) is 7.49. The zero-order valence-corrected chi connectivity index (χ0v) is 14.3. The Morgan fingerprint density at radius 1 is 1.38 bits per heavy atom. The van der Waals surface area contributed by atoms with Crippen LogP contribution in [0.5, 0.6) is 5.75 Å². The Hall–Kier alpha value is -2.41. The summed E-state index contributed by atoms with van der Waals surface area (Å²) in [6.07, 6.45) is -0.333. The van der Waals surface area contributed by atoms with Crippen molar-refractivity contribution in [3.8, 4) is 5.75 Å². The number of amides is 1. The van der Waals surface area contributed by atoms with Crippen LogP contribution < -0.4 is 4.74 Å². The van der Waals surface area contributed by atoms with Crippen LogP contribution in [0.15, 0.2) is 35.2 Å². The van der Waals surface area contributed by atoms with Crippen LogP contribution in [0.2, 0.25) is 0 Å². The average molecular weight is 346 g/mol. The summed E-state index contributed by atoms with van der Waals surface area (Å²) in [5.41, 5.74) is 2.80. The third kappa shape index (κ3) is 3.12. The third-order valence-electron chi connectivity index (χ3n) is 4.10. The lowest BCUT2D eigenvalue weighted by Crippen LogP contribution is -2.32. The van der Waals surface area contributed by atoms with Gasteiger partial charge in [0.15, 0.2) is 11.8 Å². The molecule has 0 N–H and O–H groups in total. The third-order valence-corrected chi connectivity index (χ3v) is 4.69. The van der Waals surface area contributed by atoms with Crippen molar-refractivity contribution >= 4 is 23.2 Å². The zero-order chi connectivity index (χ0) is 17.1. The predicted molar refractivity (Wildman–Crippen MR) is 89.1 cm³/mol. The first-order valence-electron chi connectivity index (χ1n) is 7.67. The fraction of sp³-hybridized carbons (Fsp3) is 0.353. The van der Waals surface area contributed by atoms with E-state index in [0.717, 1.165) is 11.3 Å². The summed E-state index contributed by atoms with van der Waals surface area (Å²) in [5, 5.41) is 1.61. The number of carbonyl (C=O) groups is 2. The second kappa shape index (κ2) is 7.00. The van der Waals surface area contributed by atoms with Crippen LogP contribution in [0.4, 0.5) is 0 Å². The molecular formula is C17H18N2O4S. The van der Waals surface area contributed by atoms with E-state index in [0.29, 0.717) is 13.0 Å². The molecule has 1 fully saturated rings. The number of esters is 1. The average Bonchev–Trinajstić information content (AvgIpc) is 3.24. The first-order valence-corrected chi connectivity index (χ1v) is 8.62. The van der Waals surface area contributed by atoms with Gasteiger partial charge in [0.2, 0.25) is 0 Å². The number of aromatic nitrogens is 1. The number of hydrogen-bond donors (Lipinski definition) is 0. The molecule has 0 spiro atoms. The van der Waals surface area contributed by atoms with Gasteiger partial charge in [-0.2, -0.15) is 0 Å². The molecule has 1 aliphatic heterocycles. The van der Waals surface area contributed by atoms with Gasteiger partial charge >= 0.3 is 5.97 Å². The molecule has 24 heavy (non-hydrogen) atoms. The molecule has 2 aromatic rings. The highest BCUT2D eigenvalue weighted by atomic mass is 32.1. The van der Waals surface area contributed by atoms with Gasteiger partial charge in [-0.3, -0.25) is 4.79 Å². The lowest BCUT2D eigenvalue weighted by molar-refractivity contribution is -0.135. The van der Waals surface area contributed by atoms with Crippen molar-refractivity contribution in [3.63, 3.8) is 0 Å². The number of nitrogens with zero attached hydrogens (tertiary/aromatic N) is 2. The summed E-state index contributed by atoms with van der Waals surface area (Å²) in [5.74, 6) is 0.0422. The first kappa shape index (κ1) is 16.4. The van der Waals surface area contributed by atoms with E-state index in [1.165, 1.54) is 11.3 Å². The van der Waals surface area contributed by atoms with Crippen molar-refractivity contribution in [2.45, 2.75) is 25.5 Å². The Bertz CT molecular complexity index is 715. The fourth-order valence-corrected chi connectivity index (χ4v) is 3.41. The highest BCUT2D eigenvalue weighted by molar-refractivity contribution is 7.07. The zero-order valence-electron chi connectivity index (χ0n) is 13.5. The maximum Gasteiger partial charge on any atom is 0.358 e. The Kier molecular flexibility index (Phi) is 4.80. The van der Waals surface area contributed by atoms with Crippen molar-refractivity contribution in [3.05, 3.63) is 46.4 Å². The highest BCUT2D eigenvalue weighted by Gasteiger charge is 2.42. The summed E-state index contributed by atoms with van der Waals surface area (Å²) in [6.45, 7) is 2.47. The van der Waals surface area contributed by atoms with Crippen molar-refractivity contribution in [2.75, 3.05) is 13.7 Å². The number of rotatable bonds is 5. The first-order chi connectivity index (χ1) is 11.6. The molecule has 2 unspecified atom stereocenters. The van der Waals surface area contributed by atoms with Gasteiger partial charge in [0, 0.05) is 18.3 Å². The largest absolute Gasteiger partial charge is 0.497 e. The van der Waals surface area contributed by atoms with Crippen molar-refractivity contribution < 1.29 is 19.1 Å². The van der Waals surface area contributed by atoms with Gasteiger partial charge in [0.25, 0.3) is 5.91 Å². The monoisotopic (exact) mass is 346 g/mol. The molecule has 1 aromatic carbocycles. The lowest BCUT2D eigenvalue weighted by atomic mass is 10.0. The maximum atomic E-state index is 12.6. The van der Waals surface area contributed by atoms with E-state index in [2.05, 4.69) is 4.98 Å². The van der Waals surface area contributed by atoms with Crippen LogP contribution in [-0.2, 0) is 9.53 Å². The Balaban J connectivity index is 1.76. The molecular weight excluding hydrogens is 328 g/mol. The molecule has 0 radical (unpaired) electrons. The standard InChI is InChI=1S/C17H18N2O4S/c1-3-19-14(11-4-6-12(22-2)7-5-11)8-15(16(19)20)23-17(21)13-9-24-10-18-13/h4-7,9-10,14-15H,3,8H2,1-2H3. The maximum absolute atomic E-state index is 12.6. The van der Waals surface area contributed by atoms with E-state index in [-0.39, 0.29) is 17.6 Å². The molecule has 7 heteroatoms. The van der Waals surface area contributed by atoms with E-state index < -0.39 is 12.1 Å². The Morgan fingerprint density at radius 3 is 2.71 bits per heavy atom. The molecule has 1 amide bonds. The molecule has 0 bridgehead atoms. The molecule has 0 aliphatic carbocycles. The second-order valence-electron chi connectivity index (χ2n) is 5.42. The van der Waals surface area contributed by atoms with Gasteiger partial charge in [0.1, 0.15) is 5.75 Å². The molecule has 126 valence electrons. The number of hydrogen-bond acceptors (Lipinski definition) is 6. The van der Waals surface area contributed by atoms with E-state index in [1.807, 2.05) is 31.2 Å². The van der Waals surface area contributed by atoms with E-state index in [9.17, 15) is 9.59 Å². The minimum Gasteiger partial charge on any atom is -0.497 e. The van der Waals surface area contributed by atoms with Crippen LogP contribution in [0, 0.1) is 0 Å². The second-order valence-corrected chi connectivity index (χ2v) is 6.14. The van der Waals surface area contributed by atoms with Gasteiger partial charge in [-0.25, -0.2) is 9.78 Å². The van der Waals surface area contributed by atoms with Crippen molar-refractivity contribution in [1.82, 2.24) is 9.88 Å². The summed E-state index contributed by atoms with van der Waals surface area (Å²) in [4.78, 5) is 30.3. The van der Waals surface area contributed by atoms with E-state index in [4.69, 9.17) is 9.47 Å². The molecule has 3 rings (SSSR count). The minimum atomic E-state index is -0.772. The molecule has 2 heterocycles. The lowest BCUT2D eigenvalue weighted by Gasteiger charge is -2.23. The SMILES string of the molecule is CCN1C(=O)C(OC(=O)c2cscn2)CC1c1ccc(OC)cc1. The number of benzene rings is 1. The van der Waals surface area contributed by atoms with Crippen LogP contribution in [-0.4, -0.2) is 41.5 Å². The number of thiazole rings is 1. The number of likely N-dealkylation sites (N-methyl/N-ethyl adjacent to an activating group) is 1. The van der Waals surface area contributed by atoms with Crippen LogP contribution in [0.3, 0.4) is 0 Å². The minimum absolute atomic E-state index is 0.110. The quantitative estimate of drug-likeness (QED) is 0.779. The molecule has 1 aromatic heterocycles. The number of ether oxygens (including phenoxy) is 2. The van der Waals surface area contributed by atoms with Gasteiger partial charge in [-0.15, -0.1) is 11.3 Å². The van der Waals surface area contributed by atoms with Crippen LogP contribution >= 0.6 is 11.3 Å². The predicted octanol–water partition coefficient (Wildman–Crippen LogP) is 2.67. The van der Waals surface area contributed by atoms with Gasteiger partial charge in [0.05, 0.1) is 18.7 Å². The highest BCUT2D eigenvalue weighted by Crippen LogP contribution is 2.35. The van der Waals surface area contributed by atoms with Gasteiger partial charge in [-0.1, -0.05) is 12.1 Å². The van der Waals surface area contributed by atoms with Crippen molar-refractivity contribution in [1.29, 1.82) is 0 Å². The molecule has 1 aliphatic rings. The fourth-order valence-electron chi connectivity index (χ4n) is 2.89. The van der Waals surface area contributed by atoms with Gasteiger partial charge < -0.3 is 14.4 Å². The topological polar surface area (TPSA) is 68.7 Å². The summed E-state index contributed by atoms with van der Waals surface area (Å²) in [7, 11) is 1.61. The summed E-state index contributed by atoms with van der Waals surface area (Å²) < 4.78 is 10.6. The van der Waals surface area contributed by atoms with Crippen LogP contribution in [0.25, 0.3) is 0 Å². The van der Waals surface area contributed by atoms with E-state index in [1.54, 1.807) is 22.9 Å². The Morgan fingerprint density at radius 2 is 2.12 bits per heavy atom. The van der Waals surface area contributed by atoms with Crippen LogP contribution in [0.1, 0.15) is 35.4 Å². The molecule has 0 saturated carbocycles. The number of likely N-dealkylation sites (tertiary alicyclic amines) is 1. The van der Waals surface area contributed by atoms with Crippen molar-refractivity contribution in [2.24, 2.45) is 0 Å². The van der Waals surface area contributed by atoms with E-state index >= 15 is 0 Å². The summed E-state index contributed by atoms with van der Waals surface area (Å²) >= 11 is 1.31. The molecule has 2 atom stereocenters. The van der Waals surface area contributed by atoms with Gasteiger partial charge in [-0.05, 0) is 24.6 Å². The Labute approximate surface area is 144 Å². The molecule has 6 nitrogen and oxygen atoms in total. The number of methoxy groups -OCH3 is 1. The smallest absolute Gasteiger partial charge is 0.358 e. The normalized spacial score (nSPS) is 20.2.